The first-order chi connectivity index (χ1) is 12.2. The summed E-state index contributed by atoms with van der Waals surface area (Å²) in [5.74, 6) is -0.281. The van der Waals surface area contributed by atoms with Gasteiger partial charge in [-0.3, -0.25) is 0 Å². The summed E-state index contributed by atoms with van der Waals surface area (Å²) in [7, 11) is -2.58. The smallest absolute Gasteiger partial charge is 0.211 e. The minimum Gasteiger partial charge on any atom is -0.211 e. The Bertz CT molecular complexity index is 826. The maximum Gasteiger partial charge on any atom is 0.227 e. The van der Waals surface area contributed by atoms with Crippen molar-refractivity contribution in [3.8, 4) is 0 Å². The van der Waals surface area contributed by atoms with Crippen LogP contribution in [0, 0.1) is 0 Å². The number of hydrogen-bond acceptors (Lipinski definition) is 6. The molecule has 2 aromatic carbocycles. The number of nitrogens with zero attached hydrogens (tertiary/aromatic N) is 2. The first-order valence-corrected chi connectivity index (χ1v) is 12.8. The van der Waals surface area contributed by atoms with Crippen molar-refractivity contribution < 1.29 is 16.8 Å². The standard InChI is InChI=1S/C16H20N2O4S4/c1-17(25(19,20)13-15-9-5-3-6-10-15)23-24-18(2)26(21,22)14-16-11-7-4-8-12-16/h3-12H,13-14H2,1-2H3. The molecule has 0 saturated heterocycles. The van der Waals surface area contributed by atoms with Gasteiger partial charge in [-0.25, -0.2) is 16.8 Å². The van der Waals surface area contributed by atoms with Crippen molar-refractivity contribution in [1.29, 1.82) is 0 Å². The molecule has 0 spiro atoms. The molecule has 0 bridgehead atoms. The minimum absolute atomic E-state index is 0.140. The van der Waals surface area contributed by atoms with Crippen molar-refractivity contribution in [2.75, 3.05) is 14.1 Å². The molecule has 0 amide bonds. The highest BCUT2D eigenvalue weighted by Crippen LogP contribution is 2.33. The van der Waals surface area contributed by atoms with Gasteiger partial charge >= 0.3 is 0 Å². The molecule has 0 aliphatic heterocycles. The van der Waals surface area contributed by atoms with Gasteiger partial charge in [-0.2, -0.15) is 0 Å². The Morgan fingerprint density at radius 1 is 0.654 bits per heavy atom. The third-order valence-corrected chi connectivity index (χ3v) is 10.8. The summed E-state index contributed by atoms with van der Waals surface area (Å²) >= 11 is 0. The van der Waals surface area contributed by atoms with Crippen molar-refractivity contribution in [1.82, 2.24) is 7.42 Å². The first-order valence-electron chi connectivity index (χ1n) is 7.56. The number of benzene rings is 2. The normalized spacial score (nSPS) is 12.6. The Morgan fingerprint density at radius 2 is 0.962 bits per heavy atom. The summed E-state index contributed by atoms with van der Waals surface area (Å²) in [6.07, 6.45) is 0. The summed E-state index contributed by atoms with van der Waals surface area (Å²) in [5, 5.41) is 0. The van der Waals surface area contributed by atoms with Gasteiger partial charge < -0.3 is 0 Å². The third kappa shape index (κ3) is 6.29. The molecule has 10 heteroatoms. The Balaban J connectivity index is 1.94. The van der Waals surface area contributed by atoms with E-state index in [1.165, 1.54) is 14.1 Å². The lowest BCUT2D eigenvalue weighted by Crippen LogP contribution is -2.24. The molecule has 2 aromatic rings. The van der Waals surface area contributed by atoms with Crippen molar-refractivity contribution in [2.24, 2.45) is 0 Å². The lowest BCUT2D eigenvalue weighted by molar-refractivity contribution is 0.561. The van der Waals surface area contributed by atoms with E-state index >= 15 is 0 Å². The van der Waals surface area contributed by atoms with Gasteiger partial charge in [-0.15, -0.1) is 7.42 Å². The molecule has 6 nitrogen and oxygen atoms in total. The Morgan fingerprint density at radius 3 is 1.27 bits per heavy atom. The molecule has 0 radical (unpaired) electrons. The van der Waals surface area contributed by atoms with Crippen LogP contribution in [0.2, 0.25) is 0 Å². The zero-order chi connectivity index (χ0) is 19.2. The molecule has 0 heterocycles. The van der Waals surface area contributed by atoms with Gasteiger partial charge in [-0.05, 0) is 11.1 Å². The fraction of sp³-hybridized carbons (Fsp3) is 0.250. The van der Waals surface area contributed by atoms with Crippen LogP contribution in [-0.4, -0.2) is 38.4 Å². The highest BCUT2D eigenvalue weighted by atomic mass is 33.1. The molecule has 0 saturated carbocycles. The summed E-state index contributed by atoms with van der Waals surface area (Å²) in [6.45, 7) is 0. The monoisotopic (exact) mass is 432 g/mol. The zero-order valence-corrected chi connectivity index (χ0v) is 17.6. The maximum absolute atomic E-state index is 12.4. The molecule has 142 valence electrons. The highest BCUT2D eigenvalue weighted by molar-refractivity contribution is 8.76. The summed E-state index contributed by atoms with van der Waals surface area (Å²) in [6, 6.07) is 17.7. The van der Waals surface area contributed by atoms with Gasteiger partial charge in [0.2, 0.25) is 20.0 Å². The summed E-state index contributed by atoms with van der Waals surface area (Å²) in [5.41, 5.74) is 1.35. The molecule has 0 unspecified atom stereocenters. The topological polar surface area (TPSA) is 74.8 Å². The molecule has 26 heavy (non-hydrogen) atoms. The van der Waals surface area contributed by atoms with E-state index in [-0.39, 0.29) is 11.5 Å². The second kappa shape index (κ2) is 9.25. The molecule has 0 aromatic heterocycles. The minimum atomic E-state index is -3.56. The number of rotatable bonds is 9. The average molecular weight is 433 g/mol. The van der Waals surface area contributed by atoms with Crippen LogP contribution in [0.25, 0.3) is 0 Å². The third-order valence-electron chi connectivity index (χ3n) is 3.41. The summed E-state index contributed by atoms with van der Waals surface area (Å²) < 4.78 is 51.7. The van der Waals surface area contributed by atoms with Gasteiger partial charge in [0.25, 0.3) is 0 Å². The predicted octanol–water partition coefficient (Wildman–Crippen LogP) is 3.12. The maximum atomic E-state index is 12.4. The van der Waals surface area contributed by atoms with E-state index in [1.54, 1.807) is 48.5 Å². The fourth-order valence-electron chi connectivity index (χ4n) is 1.94. The van der Waals surface area contributed by atoms with Gasteiger partial charge in [0, 0.05) is 36.1 Å². The Kier molecular flexibility index (Phi) is 7.56. The Labute approximate surface area is 163 Å². The Hall–Kier alpha value is -1.04. The van der Waals surface area contributed by atoms with Crippen LogP contribution in [0.1, 0.15) is 11.1 Å². The van der Waals surface area contributed by atoms with E-state index in [0.29, 0.717) is 11.1 Å². The molecule has 0 aliphatic rings. The van der Waals surface area contributed by atoms with Gasteiger partial charge in [0.15, 0.2) is 0 Å². The van der Waals surface area contributed by atoms with Gasteiger partial charge in [-0.1, -0.05) is 60.7 Å². The number of sulfonamides is 2. The second-order valence-electron chi connectivity index (χ2n) is 5.45. The second-order valence-corrected chi connectivity index (χ2v) is 12.2. The van der Waals surface area contributed by atoms with Crippen LogP contribution in [-0.2, 0) is 31.6 Å². The van der Waals surface area contributed by atoms with E-state index in [1.807, 2.05) is 12.1 Å². The zero-order valence-electron chi connectivity index (χ0n) is 14.3. The van der Waals surface area contributed by atoms with E-state index in [9.17, 15) is 16.8 Å². The molecule has 0 fully saturated rings. The van der Waals surface area contributed by atoms with Crippen molar-refractivity contribution >= 4 is 42.0 Å². The average Bonchev–Trinajstić information content (AvgIpc) is 2.60. The molecule has 0 N–H and O–H groups in total. The van der Waals surface area contributed by atoms with Crippen LogP contribution in [0.4, 0.5) is 0 Å². The van der Waals surface area contributed by atoms with Crippen molar-refractivity contribution in [3.05, 3.63) is 71.8 Å². The van der Waals surface area contributed by atoms with E-state index in [4.69, 9.17) is 0 Å². The van der Waals surface area contributed by atoms with E-state index in [2.05, 4.69) is 0 Å². The van der Waals surface area contributed by atoms with Crippen LogP contribution in [0.15, 0.2) is 60.7 Å². The van der Waals surface area contributed by atoms with Crippen LogP contribution < -0.4 is 0 Å². The lowest BCUT2D eigenvalue weighted by Gasteiger charge is -2.19. The molecule has 0 aliphatic carbocycles. The quantitative estimate of drug-likeness (QED) is 0.448. The predicted molar refractivity (Wildman–Crippen MR) is 109 cm³/mol. The fourth-order valence-corrected chi connectivity index (χ4v) is 7.50. The summed E-state index contributed by atoms with van der Waals surface area (Å²) in [4.78, 5) is 0. The number of hydrogen-bond donors (Lipinski definition) is 0. The van der Waals surface area contributed by atoms with Gasteiger partial charge in [0.05, 0.1) is 11.5 Å². The van der Waals surface area contributed by atoms with Gasteiger partial charge in [0.1, 0.15) is 0 Å². The van der Waals surface area contributed by atoms with E-state index in [0.717, 1.165) is 29.4 Å². The highest BCUT2D eigenvalue weighted by Gasteiger charge is 2.24. The van der Waals surface area contributed by atoms with Crippen LogP contribution >= 0.6 is 22.0 Å². The van der Waals surface area contributed by atoms with Crippen molar-refractivity contribution in [3.63, 3.8) is 0 Å². The molecule has 0 atom stereocenters. The van der Waals surface area contributed by atoms with Crippen LogP contribution in [0.3, 0.4) is 0 Å². The first kappa shape index (κ1) is 21.3. The SMILES string of the molecule is CN(SSN(C)S(=O)(=O)Cc1ccccc1)S(=O)(=O)Cc1ccccc1. The molecular weight excluding hydrogens is 412 g/mol. The lowest BCUT2D eigenvalue weighted by atomic mass is 10.2. The van der Waals surface area contributed by atoms with E-state index < -0.39 is 20.0 Å². The largest absolute Gasteiger partial charge is 0.227 e. The van der Waals surface area contributed by atoms with Crippen LogP contribution in [0.5, 0.6) is 0 Å². The van der Waals surface area contributed by atoms with Crippen molar-refractivity contribution in [2.45, 2.75) is 11.5 Å². The molecular formula is C16H20N2O4S4. The molecule has 2 rings (SSSR count).